The standard InChI is InChI=1S/C15H17NO2S/c1-9-7-10(2)19-15(9)14(16)13-8-17-11-5-3-4-6-12(11)18-13/h3-7,13-14H,8,16H2,1-2H3. The van der Waals surface area contributed by atoms with Gasteiger partial charge in [0.1, 0.15) is 6.61 Å². The fourth-order valence-corrected chi connectivity index (χ4v) is 3.46. The molecule has 4 heteroatoms. The number of nitrogens with two attached hydrogens (primary N) is 1. The highest BCUT2D eigenvalue weighted by atomic mass is 32.1. The number of rotatable bonds is 2. The molecule has 0 spiro atoms. The van der Waals surface area contributed by atoms with Crippen LogP contribution in [0.25, 0.3) is 0 Å². The van der Waals surface area contributed by atoms with Crippen LogP contribution in [0.5, 0.6) is 11.5 Å². The maximum absolute atomic E-state index is 6.35. The molecule has 1 aliphatic rings. The molecule has 100 valence electrons. The third-order valence-electron chi connectivity index (χ3n) is 3.31. The van der Waals surface area contributed by atoms with E-state index in [1.165, 1.54) is 15.3 Å². The van der Waals surface area contributed by atoms with Gasteiger partial charge >= 0.3 is 0 Å². The van der Waals surface area contributed by atoms with Crippen LogP contribution >= 0.6 is 11.3 Å². The van der Waals surface area contributed by atoms with Gasteiger partial charge in [-0.2, -0.15) is 0 Å². The van der Waals surface area contributed by atoms with Crippen molar-refractivity contribution in [1.29, 1.82) is 0 Å². The first-order valence-electron chi connectivity index (χ1n) is 6.36. The molecule has 0 fully saturated rings. The first-order chi connectivity index (χ1) is 9.15. The minimum Gasteiger partial charge on any atom is -0.486 e. The van der Waals surface area contributed by atoms with Crippen LogP contribution in [-0.4, -0.2) is 12.7 Å². The molecule has 0 aliphatic carbocycles. The Hall–Kier alpha value is -1.52. The summed E-state index contributed by atoms with van der Waals surface area (Å²) < 4.78 is 11.7. The first-order valence-corrected chi connectivity index (χ1v) is 7.18. The number of thiophene rings is 1. The molecule has 1 aliphatic heterocycles. The van der Waals surface area contributed by atoms with E-state index in [1.54, 1.807) is 11.3 Å². The fraction of sp³-hybridized carbons (Fsp3) is 0.333. The lowest BCUT2D eigenvalue weighted by Gasteiger charge is -2.30. The summed E-state index contributed by atoms with van der Waals surface area (Å²) in [6.07, 6.45) is -0.133. The number of aryl methyl sites for hydroxylation is 2. The summed E-state index contributed by atoms with van der Waals surface area (Å²) in [6.45, 7) is 4.69. The van der Waals surface area contributed by atoms with Crippen molar-refractivity contribution in [3.63, 3.8) is 0 Å². The molecule has 0 saturated carbocycles. The number of hydrogen-bond donors (Lipinski definition) is 1. The van der Waals surface area contributed by atoms with Crippen molar-refractivity contribution in [1.82, 2.24) is 0 Å². The van der Waals surface area contributed by atoms with E-state index in [1.807, 2.05) is 24.3 Å². The van der Waals surface area contributed by atoms with Crippen LogP contribution in [0.1, 0.15) is 21.4 Å². The van der Waals surface area contributed by atoms with Crippen LogP contribution < -0.4 is 15.2 Å². The lowest BCUT2D eigenvalue weighted by Crippen LogP contribution is -2.38. The zero-order chi connectivity index (χ0) is 13.4. The molecule has 3 rings (SSSR count). The largest absolute Gasteiger partial charge is 0.486 e. The van der Waals surface area contributed by atoms with Gasteiger partial charge in [-0.1, -0.05) is 12.1 Å². The predicted octanol–water partition coefficient (Wildman–Crippen LogP) is 3.20. The predicted molar refractivity (Wildman–Crippen MR) is 77.1 cm³/mol. The van der Waals surface area contributed by atoms with E-state index in [9.17, 15) is 0 Å². The Balaban J connectivity index is 1.83. The minimum atomic E-state index is -0.146. The summed E-state index contributed by atoms with van der Waals surface area (Å²) in [4.78, 5) is 2.46. The second-order valence-electron chi connectivity index (χ2n) is 4.84. The summed E-state index contributed by atoms with van der Waals surface area (Å²) in [5.41, 5.74) is 7.58. The molecule has 19 heavy (non-hydrogen) atoms. The second kappa shape index (κ2) is 4.87. The fourth-order valence-electron chi connectivity index (χ4n) is 2.37. The van der Waals surface area contributed by atoms with E-state index in [0.717, 1.165) is 11.5 Å². The van der Waals surface area contributed by atoms with Gasteiger partial charge in [0.25, 0.3) is 0 Å². The van der Waals surface area contributed by atoms with Crippen molar-refractivity contribution < 1.29 is 9.47 Å². The molecule has 1 aromatic carbocycles. The number of ether oxygens (including phenoxy) is 2. The van der Waals surface area contributed by atoms with Crippen molar-refractivity contribution in [2.24, 2.45) is 5.73 Å². The first kappa shape index (κ1) is 12.5. The van der Waals surface area contributed by atoms with Crippen molar-refractivity contribution >= 4 is 11.3 Å². The third kappa shape index (κ3) is 2.33. The van der Waals surface area contributed by atoms with E-state index in [4.69, 9.17) is 15.2 Å². The maximum atomic E-state index is 6.35. The van der Waals surface area contributed by atoms with Crippen molar-refractivity contribution in [3.8, 4) is 11.5 Å². The van der Waals surface area contributed by atoms with Gasteiger partial charge in [-0.05, 0) is 37.6 Å². The summed E-state index contributed by atoms with van der Waals surface area (Å²) in [5, 5.41) is 0. The van der Waals surface area contributed by atoms with E-state index >= 15 is 0 Å². The Morgan fingerprint density at radius 1 is 1.26 bits per heavy atom. The van der Waals surface area contributed by atoms with Gasteiger partial charge in [0.05, 0.1) is 6.04 Å². The Morgan fingerprint density at radius 2 is 2.00 bits per heavy atom. The zero-order valence-electron chi connectivity index (χ0n) is 11.1. The number of para-hydroxylation sites is 2. The summed E-state index contributed by atoms with van der Waals surface area (Å²) in [5.74, 6) is 1.57. The molecule has 0 bridgehead atoms. The van der Waals surface area contributed by atoms with Crippen LogP contribution in [0.4, 0.5) is 0 Å². The lowest BCUT2D eigenvalue weighted by molar-refractivity contribution is 0.0728. The molecule has 2 atom stereocenters. The van der Waals surface area contributed by atoms with E-state index in [-0.39, 0.29) is 12.1 Å². The summed E-state index contributed by atoms with van der Waals surface area (Å²) in [6, 6.07) is 9.73. The molecule has 0 amide bonds. The second-order valence-corrected chi connectivity index (χ2v) is 6.13. The zero-order valence-corrected chi connectivity index (χ0v) is 11.9. The quantitative estimate of drug-likeness (QED) is 0.915. The summed E-state index contributed by atoms with van der Waals surface area (Å²) in [7, 11) is 0. The Bertz CT molecular complexity index is 594. The number of hydrogen-bond acceptors (Lipinski definition) is 4. The average molecular weight is 275 g/mol. The van der Waals surface area contributed by atoms with E-state index in [2.05, 4.69) is 19.9 Å². The maximum Gasteiger partial charge on any atom is 0.161 e. The van der Waals surface area contributed by atoms with Gasteiger partial charge in [0.2, 0.25) is 0 Å². The molecule has 0 saturated heterocycles. The van der Waals surface area contributed by atoms with Gasteiger partial charge in [0.15, 0.2) is 17.6 Å². The normalized spacial score (nSPS) is 19.2. The molecule has 2 heterocycles. The van der Waals surface area contributed by atoms with Crippen LogP contribution in [0.15, 0.2) is 30.3 Å². The van der Waals surface area contributed by atoms with E-state index in [0.29, 0.717) is 6.61 Å². The van der Waals surface area contributed by atoms with E-state index < -0.39 is 0 Å². The van der Waals surface area contributed by atoms with Crippen LogP contribution in [-0.2, 0) is 0 Å². The van der Waals surface area contributed by atoms with Crippen LogP contribution in [0.2, 0.25) is 0 Å². The Kier molecular flexibility index (Phi) is 3.21. The van der Waals surface area contributed by atoms with Crippen molar-refractivity contribution in [2.75, 3.05) is 6.61 Å². The van der Waals surface area contributed by atoms with Gasteiger partial charge in [-0.25, -0.2) is 0 Å². The molecule has 2 unspecified atom stereocenters. The topological polar surface area (TPSA) is 44.5 Å². The smallest absolute Gasteiger partial charge is 0.161 e. The molecule has 1 aromatic heterocycles. The van der Waals surface area contributed by atoms with Crippen molar-refractivity contribution in [3.05, 3.63) is 45.6 Å². The third-order valence-corrected chi connectivity index (χ3v) is 4.57. The van der Waals surface area contributed by atoms with Gasteiger partial charge < -0.3 is 15.2 Å². The van der Waals surface area contributed by atoms with Gasteiger partial charge in [0, 0.05) is 9.75 Å². The molecule has 3 nitrogen and oxygen atoms in total. The van der Waals surface area contributed by atoms with Gasteiger partial charge in [-0.3, -0.25) is 0 Å². The minimum absolute atomic E-state index is 0.133. The van der Waals surface area contributed by atoms with Gasteiger partial charge in [-0.15, -0.1) is 11.3 Å². The molecular formula is C15H17NO2S. The van der Waals surface area contributed by atoms with Crippen molar-refractivity contribution in [2.45, 2.75) is 26.0 Å². The Morgan fingerprint density at radius 3 is 2.68 bits per heavy atom. The molecule has 2 aromatic rings. The highest BCUT2D eigenvalue weighted by molar-refractivity contribution is 7.12. The van der Waals surface area contributed by atoms with Crippen LogP contribution in [0.3, 0.4) is 0 Å². The highest BCUT2D eigenvalue weighted by Gasteiger charge is 2.29. The number of benzene rings is 1. The molecule has 2 N–H and O–H groups in total. The Labute approximate surface area is 117 Å². The summed E-state index contributed by atoms with van der Waals surface area (Å²) >= 11 is 1.74. The van der Waals surface area contributed by atoms with Crippen LogP contribution in [0, 0.1) is 13.8 Å². The highest BCUT2D eigenvalue weighted by Crippen LogP contribution is 2.36. The average Bonchev–Trinajstić information content (AvgIpc) is 2.76. The molecule has 0 radical (unpaired) electrons. The monoisotopic (exact) mass is 275 g/mol. The lowest BCUT2D eigenvalue weighted by atomic mass is 10.1. The molecular weight excluding hydrogens is 258 g/mol. The number of fused-ring (bicyclic) bond motifs is 1. The SMILES string of the molecule is Cc1cc(C)c(C(N)C2COc3ccccc3O2)s1.